The van der Waals surface area contributed by atoms with Crippen LogP contribution in [0.25, 0.3) is 21.8 Å². The van der Waals surface area contributed by atoms with Gasteiger partial charge < -0.3 is 44.4 Å². The van der Waals surface area contributed by atoms with Crippen molar-refractivity contribution >= 4 is 56.8 Å². The molecule has 7 heterocycles. The molecule has 0 radical (unpaired) electrons. The van der Waals surface area contributed by atoms with Crippen molar-refractivity contribution in [3.05, 3.63) is 96.8 Å². The molecule has 0 bridgehead atoms. The molecule has 3 aliphatic rings. The number of ether oxygens (including phenoxy) is 3. The standard InChI is InChI=1S/C29H38N6O4.C24H30N6O3/c1-20-10-11-25(21-7-6-8-23(15-21)38-14-12-33(2)3)34(19-20)29(37)28(36)32-24-18-30-16-22-17-31-35(27(22)24)26-9-4-5-13-39-26;1-16-7-8-21(17-5-4-6-19(11-17)33-10-9-29(2)3)30(15-16)24(32)23(31)27-20-14-25-12-18-13-26-28-22(18)20/h6-8,15-18,20,25-26H,4-5,9-14,19H2,1-3H3,(H,32,36);4-6,11-14,16,21H,7-10,15H2,1-3H3,(H,26,28)(H,27,31)/t20-,25+,26?;16-,21+/m00/s1. The van der Waals surface area contributed by atoms with E-state index in [1.807, 2.05) is 76.7 Å². The number of aromatic nitrogens is 6. The van der Waals surface area contributed by atoms with Gasteiger partial charge in [0.25, 0.3) is 0 Å². The van der Waals surface area contributed by atoms with Crippen LogP contribution in [0, 0.1) is 11.8 Å². The molecular weight excluding hydrogens is 917 g/mol. The lowest BCUT2D eigenvalue weighted by Gasteiger charge is -2.38. The molecule has 72 heavy (non-hydrogen) atoms. The topological polar surface area (TPSA) is 205 Å². The zero-order chi connectivity index (χ0) is 50.7. The van der Waals surface area contributed by atoms with Crippen LogP contribution in [0.1, 0.15) is 88.2 Å². The van der Waals surface area contributed by atoms with Gasteiger partial charge in [-0.2, -0.15) is 10.2 Å². The lowest BCUT2D eigenvalue weighted by atomic mass is 9.89. The first-order valence-corrected chi connectivity index (χ1v) is 25.0. The number of carbonyl (C=O) groups excluding carboxylic acids is 4. The van der Waals surface area contributed by atoms with Crippen molar-refractivity contribution in [3.8, 4) is 11.5 Å². The largest absolute Gasteiger partial charge is 0.492 e. The van der Waals surface area contributed by atoms with Crippen LogP contribution in [0.15, 0.2) is 85.7 Å². The monoisotopic (exact) mass is 985 g/mol. The number of likely N-dealkylation sites (tertiary alicyclic amines) is 2. The van der Waals surface area contributed by atoms with Crippen molar-refractivity contribution < 1.29 is 33.4 Å². The van der Waals surface area contributed by atoms with E-state index in [0.29, 0.717) is 67.2 Å². The van der Waals surface area contributed by atoms with Gasteiger partial charge in [0.2, 0.25) is 0 Å². The fourth-order valence-electron chi connectivity index (χ4n) is 9.56. The molecule has 3 N–H and O–H groups in total. The minimum absolute atomic E-state index is 0.182. The van der Waals surface area contributed by atoms with Gasteiger partial charge in [0.05, 0.1) is 59.3 Å². The summed E-state index contributed by atoms with van der Waals surface area (Å²) in [6.45, 7) is 8.70. The van der Waals surface area contributed by atoms with Crippen LogP contribution in [0.3, 0.4) is 0 Å². The van der Waals surface area contributed by atoms with Gasteiger partial charge in [0.1, 0.15) is 24.7 Å². The van der Waals surface area contributed by atoms with Crippen molar-refractivity contribution in [3.63, 3.8) is 0 Å². The molecule has 382 valence electrons. The molecule has 4 amide bonds. The van der Waals surface area contributed by atoms with Gasteiger partial charge in [-0.3, -0.25) is 34.2 Å². The second-order valence-electron chi connectivity index (χ2n) is 19.7. The zero-order valence-corrected chi connectivity index (χ0v) is 42.3. The first-order chi connectivity index (χ1) is 34.8. The van der Waals surface area contributed by atoms with Gasteiger partial charge in [-0.15, -0.1) is 0 Å². The Morgan fingerprint density at radius 3 is 1.79 bits per heavy atom. The van der Waals surface area contributed by atoms with E-state index >= 15 is 0 Å². The van der Waals surface area contributed by atoms with E-state index in [1.165, 1.54) is 6.20 Å². The summed E-state index contributed by atoms with van der Waals surface area (Å²) in [5.41, 5.74) is 4.18. The molecule has 3 saturated heterocycles. The average molecular weight is 985 g/mol. The Morgan fingerprint density at radius 2 is 1.24 bits per heavy atom. The first-order valence-electron chi connectivity index (χ1n) is 25.0. The quantitative estimate of drug-likeness (QED) is 0.102. The average Bonchev–Trinajstić information content (AvgIpc) is 4.06. The van der Waals surface area contributed by atoms with E-state index < -0.39 is 23.6 Å². The zero-order valence-electron chi connectivity index (χ0n) is 42.3. The molecule has 3 fully saturated rings. The smallest absolute Gasteiger partial charge is 0.314 e. The van der Waals surface area contributed by atoms with Crippen LogP contribution in [0.4, 0.5) is 11.4 Å². The van der Waals surface area contributed by atoms with Crippen LogP contribution < -0.4 is 20.1 Å². The molecule has 4 aromatic heterocycles. The minimum Gasteiger partial charge on any atom is -0.492 e. The SMILES string of the molecule is C[C@H]1CC[C@H](c2cccc(OCCN(C)C)c2)N(C(=O)C(=O)Nc2cncc3cn[nH]c23)C1.C[C@H]1CC[C@H](c2cccc(OCCN(C)C)c2)N(C(=O)C(=O)Nc2cncc3cnn(C4CCCCO4)c23)C1. The number of benzene rings is 2. The van der Waals surface area contributed by atoms with Gasteiger partial charge in [-0.25, -0.2) is 4.68 Å². The fourth-order valence-corrected chi connectivity index (χ4v) is 9.56. The highest BCUT2D eigenvalue weighted by atomic mass is 16.5. The molecule has 0 aliphatic carbocycles. The number of pyridine rings is 2. The van der Waals surface area contributed by atoms with Gasteiger partial charge in [-0.05, 0) is 120 Å². The van der Waals surface area contributed by atoms with Gasteiger partial charge in [0.15, 0.2) is 6.23 Å². The number of hydrogen-bond acceptors (Lipinski definition) is 13. The molecule has 19 heteroatoms. The van der Waals surface area contributed by atoms with Crippen molar-refractivity contribution in [1.29, 1.82) is 0 Å². The predicted molar refractivity (Wildman–Crippen MR) is 274 cm³/mol. The Hall–Kier alpha value is -6.96. The molecule has 5 atom stereocenters. The summed E-state index contributed by atoms with van der Waals surface area (Å²) in [5, 5.41) is 18.4. The Kier molecular flexibility index (Phi) is 17.1. The van der Waals surface area contributed by atoms with E-state index in [1.54, 1.807) is 45.5 Å². The molecule has 0 saturated carbocycles. The highest BCUT2D eigenvalue weighted by Crippen LogP contribution is 2.37. The van der Waals surface area contributed by atoms with Crippen LogP contribution in [0.2, 0.25) is 0 Å². The molecule has 6 aromatic rings. The predicted octanol–water partition coefficient (Wildman–Crippen LogP) is 6.85. The number of fused-ring (bicyclic) bond motifs is 2. The van der Waals surface area contributed by atoms with E-state index in [2.05, 4.69) is 59.5 Å². The highest BCUT2D eigenvalue weighted by molar-refractivity contribution is 6.40. The summed E-state index contributed by atoms with van der Waals surface area (Å²) in [4.78, 5) is 69.1. The van der Waals surface area contributed by atoms with Crippen molar-refractivity contribution in [2.45, 2.75) is 77.1 Å². The summed E-state index contributed by atoms with van der Waals surface area (Å²) in [6.07, 6.45) is 16.0. The number of aromatic amines is 1. The number of piperidine rings is 2. The van der Waals surface area contributed by atoms with Crippen molar-refractivity contribution in [1.82, 2.24) is 49.5 Å². The third-order valence-electron chi connectivity index (χ3n) is 13.4. The molecule has 19 nitrogen and oxygen atoms in total. The number of anilines is 2. The maximum atomic E-state index is 13.6. The molecule has 1 unspecified atom stereocenters. The maximum absolute atomic E-state index is 13.6. The highest BCUT2D eigenvalue weighted by Gasteiger charge is 2.36. The number of amides is 4. The molecule has 3 aliphatic heterocycles. The number of carbonyl (C=O) groups is 4. The molecule has 2 aromatic carbocycles. The third-order valence-corrected chi connectivity index (χ3v) is 13.4. The second-order valence-corrected chi connectivity index (χ2v) is 19.7. The van der Waals surface area contributed by atoms with Crippen molar-refractivity contribution in [2.75, 3.05) is 84.8 Å². The Bertz CT molecular complexity index is 2810. The summed E-state index contributed by atoms with van der Waals surface area (Å²) in [6, 6.07) is 15.3. The number of nitrogens with one attached hydrogen (secondary N) is 3. The Morgan fingerprint density at radius 1 is 0.681 bits per heavy atom. The van der Waals surface area contributed by atoms with Crippen LogP contribution in [0.5, 0.6) is 11.5 Å². The Balaban J connectivity index is 0.000000195. The lowest BCUT2D eigenvalue weighted by Crippen LogP contribution is -2.46. The van der Waals surface area contributed by atoms with Crippen LogP contribution in [-0.4, -0.2) is 147 Å². The molecule has 9 rings (SSSR count). The summed E-state index contributed by atoms with van der Waals surface area (Å²) in [7, 11) is 8.01. The van der Waals surface area contributed by atoms with E-state index in [4.69, 9.17) is 14.2 Å². The van der Waals surface area contributed by atoms with Crippen molar-refractivity contribution in [2.24, 2.45) is 11.8 Å². The summed E-state index contributed by atoms with van der Waals surface area (Å²) in [5.74, 6) is -0.328. The number of likely N-dealkylation sites (N-methyl/N-ethyl adjacent to an activating group) is 2. The van der Waals surface area contributed by atoms with Crippen LogP contribution in [-0.2, 0) is 23.9 Å². The molecule has 0 spiro atoms. The second kappa shape index (κ2) is 24.0. The third kappa shape index (κ3) is 12.7. The summed E-state index contributed by atoms with van der Waals surface area (Å²) < 4.78 is 19.5. The number of rotatable bonds is 13. The fraction of sp³-hybridized carbons (Fsp3) is 0.472. The van der Waals surface area contributed by atoms with Gasteiger partial charge in [-0.1, -0.05) is 38.1 Å². The van der Waals surface area contributed by atoms with Gasteiger partial charge >= 0.3 is 23.6 Å². The number of H-pyrrole nitrogens is 1. The van der Waals surface area contributed by atoms with E-state index in [9.17, 15) is 19.2 Å². The van der Waals surface area contributed by atoms with E-state index in [0.717, 1.165) is 91.4 Å². The van der Waals surface area contributed by atoms with E-state index in [-0.39, 0.29) is 18.3 Å². The lowest BCUT2D eigenvalue weighted by molar-refractivity contribution is -0.146. The minimum atomic E-state index is -0.684. The van der Waals surface area contributed by atoms with Crippen LogP contribution >= 0.6 is 0 Å². The Labute approximate surface area is 420 Å². The molecular formula is C53H68N12O7. The van der Waals surface area contributed by atoms with Gasteiger partial charge in [0, 0.05) is 56.0 Å². The number of hydrogen-bond donors (Lipinski definition) is 3. The maximum Gasteiger partial charge on any atom is 0.314 e. The summed E-state index contributed by atoms with van der Waals surface area (Å²) >= 11 is 0. The normalized spacial score (nSPS) is 20.2. The number of nitrogens with zero attached hydrogens (tertiary/aromatic N) is 9. The first kappa shape index (κ1) is 51.4.